The summed E-state index contributed by atoms with van der Waals surface area (Å²) in [6.07, 6.45) is 4.16. The number of piperidine rings is 1. The highest BCUT2D eigenvalue weighted by atomic mass is 35.5. The molecule has 1 saturated heterocycles. The van der Waals surface area contributed by atoms with E-state index in [2.05, 4.69) is 16.7 Å². The fraction of sp³-hybridized carbons (Fsp3) is 0.615. The van der Waals surface area contributed by atoms with Crippen LogP contribution in [0.4, 0.5) is 0 Å². The summed E-state index contributed by atoms with van der Waals surface area (Å²) >= 11 is 1.69. The quantitative estimate of drug-likeness (QED) is 0.874. The molecule has 102 valence electrons. The lowest BCUT2D eigenvalue weighted by Gasteiger charge is -2.22. The zero-order chi connectivity index (χ0) is 11.9. The van der Waals surface area contributed by atoms with Crippen LogP contribution in [0.25, 0.3) is 0 Å². The smallest absolute Gasteiger partial charge is 0.220 e. The zero-order valence-corrected chi connectivity index (χ0v) is 12.1. The van der Waals surface area contributed by atoms with Crippen molar-refractivity contribution >= 4 is 29.7 Å². The van der Waals surface area contributed by atoms with Gasteiger partial charge in [-0.15, -0.1) is 23.7 Å². The molecule has 1 aromatic rings. The first-order chi connectivity index (χ1) is 8.34. The van der Waals surface area contributed by atoms with E-state index in [1.54, 1.807) is 11.3 Å². The van der Waals surface area contributed by atoms with E-state index in [-0.39, 0.29) is 18.3 Å². The molecule has 3 nitrogen and oxygen atoms in total. The third-order valence-electron chi connectivity index (χ3n) is 3.28. The van der Waals surface area contributed by atoms with Crippen LogP contribution in [0.1, 0.15) is 30.6 Å². The Kier molecular flexibility index (Phi) is 7.32. The van der Waals surface area contributed by atoms with E-state index in [4.69, 9.17) is 0 Å². The van der Waals surface area contributed by atoms with Gasteiger partial charge < -0.3 is 10.6 Å². The average Bonchev–Trinajstić information content (AvgIpc) is 2.88. The summed E-state index contributed by atoms with van der Waals surface area (Å²) in [7, 11) is 0. The molecule has 0 aliphatic carbocycles. The average molecular weight is 289 g/mol. The van der Waals surface area contributed by atoms with E-state index in [0.717, 1.165) is 25.4 Å². The monoisotopic (exact) mass is 288 g/mol. The molecule has 2 N–H and O–H groups in total. The van der Waals surface area contributed by atoms with Crippen molar-refractivity contribution in [2.24, 2.45) is 5.92 Å². The second-order valence-corrected chi connectivity index (χ2v) is 5.62. The van der Waals surface area contributed by atoms with Gasteiger partial charge in [-0.25, -0.2) is 0 Å². The zero-order valence-electron chi connectivity index (χ0n) is 10.5. The van der Waals surface area contributed by atoms with Crippen LogP contribution < -0.4 is 10.6 Å². The highest BCUT2D eigenvalue weighted by Gasteiger charge is 2.14. The molecule has 0 aromatic carbocycles. The molecule has 18 heavy (non-hydrogen) atoms. The van der Waals surface area contributed by atoms with E-state index < -0.39 is 0 Å². The lowest BCUT2D eigenvalue weighted by Crippen LogP contribution is -2.29. The van der Waals surface area contributed by atoms with Gasteiger partial charge in [-0.3, -0.25) is 4.79 Å². The van der Waals surface area contributed by atoms with Gasteiger partial charge in [0.1, 0.15) is 0 Å². The minimum Gasteiger partial charge on any atom is -0.351 e. The molecule has 5 heteroatoms. The summed E-state index contributed by atoms with van der Waals surface area (Å²) in [6.45, 7) is 2.91. The van der Waals surface area contributed by atoms with Crippen molar-refractivity contribution in [3.63, 3.8) is 0 Å². The molecule has 1 aliphatic heterocycles. The number of carbonyl (C=O) groups excluding carboxylic acids is 1. The summed E-state index contributed by atoms with van der Waals surface area (Å²) in [4.78, 5) is 12.9. The molecule has 1 fully saturated rings. The molecule has 2 heterocycles. The van der Waals surface area contributed by atoms with Gasteiger partial charge in [-0.1, -0.05) is 6.07 Å². The first kappa shape index (κ1) is 15.5. The molecule has 0 unspecified atom stereocenters. The van der Waals surface area contributed by atoms with Gasteiger partial charge in [0.05, 0.1) is 6.54 Å². The minimum atomic E-state index is 0. The molecule has 1 amide bonds. The van der Waals surface area contributed by atoms with Crippen LogP contribution in [0.3, 0.4) is 0 Å². The highest BCUT2D eigenvalue weighted by Crippen LogP contribution is 2.17. The maximum atomic E-state index is 11.7. The molecule has 2 rings (SSSR count). The van der Waals surface area contributed by atoms with Gasteiger partial charge in [0.15, 0.2) is 0 Å². The fourth-order valence-electron chi connectivity index (χ4n) is 2.19. The molecule has 0 radical (unpaired) electrons. The Morgan fingerprint density at radius 2 is 2.22 bits per heavy atom. The number of amides is 1. The molecule has 0 atom stereocenters. The number of hydrogen-bond donors (Lipinski definition) is 2. The highest BCUT2D eigenvalue weighted by molar-refractivity contribution is 7.09. The number of thiophene rings is 1. The van der Waals surface area contributed by atoms with Gasteiger partial charge in [0, 0.05) is 11.3 Å². The second-order valence-electron chi connectivity index (χ2n) is 4.59. The number of nitrogens with one attached hydrogen (secondary N) is 2. The molecule has 0 bridgehead atoms. The van der Waals surface area contributed by atoms with Crippen LogP contribution in [0, 0.1) is 5.92 Å². The maximum Gasteiger partial charge on any atom is 0.220 e. The summed E-state index contributed by atoms with van der Waals surface area (Å²) < 4.78 is 0. The first-order valence-corrected chi connectivity index (χ1v) is 7.22. The van der Waals surface area contributed by atoms with E-state index >= 15 is 0 Å². The molecule has 0 saturated carbocycles. The van der Waals surface area contributed by atoms with Crippen molar-refractivity contribution in [3.8, 4) is 0 Å². The minimum absolute atomic E-state index is 0. The van der Waals surface area contributed by atoms with E-state index in [1.165, 1.54) is 17.7 Å². The predicted molar refractivity (Wildman–Crippen MR) is 78.2 cm³/mol. The summed E-state index contributed by atoms with van der Waals surface area (Å²) in [5, 5.41) is 8.37. The molecule has 1 aliphatic rings. The van der Waals surface area contributed by atoms with Gasteiger partial charge in [-0.05, 0) is 49.7 Å². The van der Waals surface area contributed by atoms with E-state index in [9.17, 15) is 4.79 Å². The van der Waals surface area contributed by atoms with Crippen LogP contribution in [-0.4, -0.2) is 19.0 Å². The Hall–Kier alpha value is -0.580. The van der Waals surface area contributed by atoms with Crippen LogP contribution in [-0.2, 0) is 11.3 Å². The van der Waals surface area contributed by atoms with Gasteiger partial charge in [-0.2, -0.15) is 0 Å². The van der Waals surface area contributed by atoms with Crippen LogP contribution in [0.15, 0.2) is 17.5 Å². The third kappa shape index (κ3) is 5.38. The number of hydrogen-bond acceptors (Lipinski definition) is 3. The van der Waals surface area contributed by atoms with Crippen LogP contribution in [0.2, 0.25) is 0 Å². The second kappa shape index (κ2) is 8.51. The first-order valence-electron chi connectivity index (χ1n) is 6.34. The molecular formula is C13H21ClN2OS. The van der Waals surface area contributed by atoms with Gasteiger partial charge >= 0.3 is 0 Å². The summed E-state index contributed by atoms with van der Waals surface area (Å²) in [6, 6.07) is 4.07. The van der Waals surface area contributed by atoms with Crippen molar-refractivity contribution in [2.75, 3.05) is 13.1 Å². The molecule has 0 spiro atoms. The summed E-state index contributed by atoms with van der Waals surface area (Å²) in [5.41, 5.74) is 0. The van der Waals surface area contributed by atoms with Gasteiger partial charge in [0.2, 0.25) is 5.91 Å². The van der Waals surface area contributed by atoms with E-state index in [1.807, 2.05) is 11.4 Å². The van der Waals surface area contributed by atoms with Crippen molar-refractivity contribution in [1.29, 1.82) is 0 Å². The Labute approximate surface area is 119 Å². The Morgan fingerprint density at radius 1 is 1.44 bits per heavy atom. The van der Waals surface area contributed by atoms with E-state index in [0.29, 0.717) is 13.0 Å². The lowest BCUT2D eigenvalue weighted by atomic mass is 9.93. The van der Waals surface area contributed by atoms with Crippen molar-refractivity contribution in [2.45, 2.75) is 32.2 Å². The predicted octanol–water partition coefficient (Wildman–Crippen LogP) is 2.57. The number of carbonyl (C=O) groups is 1. The third-order valence-corrected chi connectivity index (χ3v) is 4.15. The fourth-order valence-corrected chi connectivity index (χ4v) is 2.84. The SMILES string of the molecule is Cl.O=C(CCC1CCNCC1)NCc1cccs1. The topological polar surface area (TPSA) is 41.1 Å². The largest absolute Gasteiger partial charge is 0.351 e. The summed E-state index contributed by atoms with van der Waals surface area (Å²) in [5.74, 6) is 0.931. The van der Waals surface area contributed by atoms with Gasteiger partial charge in [0.25, 0.3) is 0 Å². The molecular weight excluding hydrogens is 268 g/mol. The standard InChI is InChI=1S/C13H20N2OS.ClH/c16-13(15-10-12-2-1-9-17-12)4-3-11-5-7-14-8-6-11;/h1-2,9,11,14H,3-8,10H2,(H,15,16);1H. The normalized spacial score (nSPS) is 16.0. The van der Waals surface area contributed by atoms with Crippen molar-refractivity contribution in [3.05, 3.63) is 22.4 Å². The molecule has 1 aromatic heterocycles. The Balaban J connectivity index is 0.00000162. The maximum absolute atomic E-state index is 11.7. The van der Waals surface area contributed by atoms with Crippen LogP contribution in [0.5, 0.6) is 0 Å². The lowest BCUT2D eigenvalue weighted by molar-refractivity contribution is -0.121. The Bertz CT molecular complexity index is 337. The van der Waals surface area contributed by atoms with Crippen molar-refractivity contribution in [1.82, 2.24) is 10.6 Å². The number of rotatable bonds is 5. The van der Waals surface area contributed by atoms with Crippen LogP contribution >= 0.6 is 23.7 Å². The number of halogens is 1. The Morgan fingerprint density at radius 3 is 2.89 bits per heavy atom. The van der Waals surface area contributed by atoms with Crippen molar-refractivity contribution < 1.29 is 4.79 Å².